The van der Waals surface area contributed by atoms with Crippen LogP contribution in [0.5, 0.6) is 5.75 Å². The third-order valence-electron chi connectivity index (χ3n) is 7.27. The van der Waals surface area contributed by atoms with Crippen LogP contribution in [0, 0.1) is 24.5 Å². The van der Waals surface area contributed by atoms with Gasteiger partial charge in [-0.2, -0.15) is 5.10 Å². The van der Waals surface area contributed by atoms with Crippen molar-refractivity contribution in [1.82, 2.24) is 24.6 Å². The van der Waals surface area contributed by atoms with Crippen LogP contribution >= 0.6 is 0 Å². The Morgan fingerprint density at radius 1 is 1.15 bits per heavy atom. The number of ether oxygens (including phenoxy) is 3. The molecule has 2 aliphatic rings. The molecule has 0 saturated carbocycles. The molecule has 10 nitrogen and oxygen atoms in total. The Labute approximate surface area is 238 Å². The Balaban J connectivity index is 1.20. The van der Waals surface area contributed by atoms with Crippen LogP contribution in [0.4, 0.5) is 19.4 Å². The van der Waals surface area contributed by atoms with Gasteiger partial charge in [0, 0.05) is 43.7 Å². The number of amides is 1. The molecule has 4 heterocycles. The van der Waals surface area contributed by atoms with E-state index in [0.29, 0.717) is 51.6 Å². The van der Waals surface area contributed by atoms with Crippen molar-refractivity contribution in [2.24, 2.45) is 5.92 Å². The van der Waals surface area contributed by atoms with Gasteiger partial charge in [0.1, 0.15) is 47.1 Å². The van der Waals surface area contributed by atoms with Crippen LogP contribution in [0.2, 0.25) is 0 Å². The van der Waals surface area contributed by atoms with Crippen molar-refractivity contribution >= 4 is 11.9 Å². The number of aryl methyl sites for hydroxylation is 1. The molecule has 2 fully saturated rings. The molecule has 1 amide bonds. The van der Waals surface area contributed by atoms with Crippen LogP contribution in [0.1, 0.15) is 38.4 Å². The van der Waals surface area contributed by atoms with Gasteiger partial charge in [0.25, 0.3) is 0 Å². The minimum atomic E-state index is -1.03. The van der Waals surface area contributed by atoms with E-state index in [9.17, 15) is 13.6 Å². The number of piperazine rings is 1. The van der Waals surface area contributed by atoms with Crippen LogP contribution in [-0.2, 0) is 21.6 Å². The van der Waals surface area contributed by atoms with Crippen molar-refractivity contribution in [1.29, 1.82) is 0 Å². The SMILES string of the molecule is Cc1nc(N2CCN(C(=O)OC(C)(C)C)CC2)ccc1OC[C@H]1CO[C@@](Cn2cncn2)(c2ccc(F)cc2F)C1. The summed E-state index contributed by atoms with van der Waals surface area (Å²) in [4.78, 5) is 25.0. The highest BCUT2D eigenvalue weighted by molar-refractivity contribution is 5.68. The van der Waals surface area contributed by atoms with Crippen LogP contribution in [0.15, 0.2) is 43.0 Å². The molecule has 2 saturated heterocycles. The zero-order valence-electron chi connectivity index (χ0n) is 23.8. The maximum atomic E-state index is 14.9. The molecule has 0 N–H and O–H groups in total. The number of carbonyl (C=O) groups is 1. The number of pyridine rings is 1. The predicted molar refractivity (Wildman–Crippen MR) is 147 cm³/mol. The maximum Gasteiger partial charge on any atom is 0.410 e. The Kier molecular flexibility index (Phi) is 8.12. The molecule has 0 bridgehead atoms. The smallest absolute Gasteiger partial charge is 0.410 e. The van der Waals surface area contributed by atoms with E-state index in [1.165, 1.54) is 18.5 Å². The summed E-state index contributed by atoms with van der Waals surface area (Å²) < 4.78 is 48.0. The molecule has 0 radical (unpaired) electrons. The number of hydrogen-bond acceptors (Lipinski definition) is 8. The fourth-order valence-corrected chi connectivity index (χ4v) is 5.30. The minimum absolute atomic E-state index is 0.0389. The summed E-state index contributed by atoms with van der Waals surface area (Å²) in [6.07, 6.45) is 3.12. The summed E-state index contributed by atoms with van der Waals surface area (Å²) in [6, 6.07) is 7.36. The number of hydrogen-bond donors (Lipinski definition) is 0. The minimum Gasteiger partial charge on any atom is -0.491 e. The van der Waals surface area contributed by atoms with Gasteiger partial charge in [-0.15, -0.1) is 0 Å². The molecule has 2 aliphatic heterocycles. The largest absolute Gasteiger partial charge is 0.491 e. The number of rotatable bonds is 7. The van der Waals surface area contributed by atoms with Gasteiger partial charge in [0.05, 0.1) is 25.5 Å². The van der Waals surface area contributed by atoms with Crippen LogP contribution in [0.3, 0.4) is 0 Å². The van der Waals surface area contributed by atoms with E-state index in [4.69, 9.17) is 19.2 Å². The lowest BCUT2D eigenvalue weighted by atomic mass is 9.87. The van der Waals surface area contributed by atoms with Gasteiger partial charge in [-0.05, 0) is 52.3 Å². The molecule has 220 valence electrons. The third kappa shape index (κ3) is 6.75. The second-order valence-corrected chi connectivity index (χ2v) is 11.6. The van der Waals surface area contributed by atoms with Crippen molar-refractivity contribution in [2.75, 3.05) is 44.3 Å². The molecule has 0 aliphatic carbocycles. The topological polar surface area (TPSA) is 94.8 Å². The normalized spacial score (nSPS) is 21.3. The molecule has 0 spiro atoms. The molecule has 3 aromatic rings. The molecule has 0 unspecified atom stereocenters. The second-order valence-electron chi connectivity index (χ2n) is 11.6. The Morgan fingerprint density at radius 3 is 2.59 bits per heavy atom. The summed E-state index contributed by atoms with van der Waals surface area (Å²) in [5, 5.41) is 4.16. The fourth-order valence-electron chi connectivity index (χ4n) is 5.30. The molecule has 41 heavy (non-hydrogen) atoms. The zero-order chi connectivity index (χ0) is 29.2. The van der Waals surface area contributed by atoms with E-state index in [-0.39, 0.29) is 24.1 Å². The molecule has 2 atom stereocenters. The van der Waals surface area contributed by atoms with Gasteiger partial charge in [0.2, 0.25) is 0 Å². The number of aromatic nitrogens is 4. The van der Waals surface area contributed by atoms with Crippen LogP contribution in [0.25, 0.3) is 0 Å². The standard InChI is InChI=1S/C29H36F2N6O4/c1-20-25(7-8-26(34-20)35-9-11-36(12-10-35)27(38)41-28(2,3)4)39-15-21-14-29(40-16-21,17-37-19-32-18-33-37)23-6-5-22(30)13-24(23)31/h5-8,13,18-19,21H,9-12,14-17H2,1-4H3/t21-,29-/m0/s1. The lowest BCUT2D eigenvalue weighted by Gasteiger charge is -2.36. The first-order valence-electron chi connectivity index (χ1n) is 13.8. The molecular weight excluding hydrogens is 534 g/mol. The number of nitrogens with zero attached hydrogens (tertiary/aromatic N) is 6. The number of halogens is 2. The van der Waals surface area contributed by atoms with Crippen molar-refractivity contribution in [3.05, 3.63) is 65.9 Å². The van der Waals surface area contributed by atoms with Crippen molar-refractivity contribution < 1.29 is 27.8 Å². The summed E-state index contributed by atoms with van der Waals surface area (Å²) >= 11 is 0. The average molecular weight is 571 g/mol. The molecule has 2 aromatic heterocycles. The highest BCUT2D eigenvalue weighted by Crippen LogP contribution is 2.42. The van der Waals surface area contributed by atoms with E-state index in [1.54, 1.807) is 15.9 Å². The maximum absolute atomic E-state index is 14.9. The average Bonchev–Trinajstić information content (AvgIpc) is 3.58. The van der Waals surface area contributed by atoms with E-state index in [2.05, 4.69) is 15.0 Å². The van der Waals surface area contributed by atoms with Crippen molar-refractivity contribution in [3.8, 4) is 5.75 Å². The van der Waals surface area contributed by atoms with Gasteiger partial charge in [-0.1, -0.05) is 6.07 Å². The predicted octanol–water partition coefficient (Wildman–Crippen LogP) is 4.33. The highest BCUT2D eigenvalue weighted by atomic mass is 19.1. The fraction of sp³-hybridized carbons (Fsp3) is 0.517. The summed E-state index contributed by atoms with van der Waals surface area (Å²) in [5.74, 6) is 0.137. The summed E-state index contributed by atoms with van der Waals surface area (Å²) in [7, 11) is 0. The van der Waals surface area contributed by atoms with Crippen molar-refractivity contribution in [2.45, 2.75) is 51.9 Å². The monoisotopic (exact) mass is 570 g/mol. The summed E-state index contributed by atoms with van der Waals surface area (Å²) in [6.45, 7) is 10.8. The van der Waals surface area contributed by atoms with Gasteiger partial charge in [-0.3, -0.25) is 0 Å². The Bertz CT molecular complexity index is 1360. The number of benzene rings is 1. The molecule has 12 heteroatoms. The summed E-state index contributed by atoms with van der Waals surface area (Å²) in [5.41, 5.74) is -0.526. The third-order valence-corrected chi connectivity index (χ3v) is 7.27. The molecule has 1 aromatic carbocycles. The van der Waals surface area contributed by atoms with Gasteiger partial charge < -0.3 is 24.0 Å². The zero-order valence-corrected chi connectivity index (χ0v) is 23.8. The first-order valence-corrected chi connectivity index (χ1v) is 13.8. The molecule has 5 rings (SSSR count). The number of carbonyl (C=O) groups excluding carboxylic acids is 1. The first-order chi connectivity index (χ1) is 19.5. The van der Waals surface area contributed by atoms with Crippen molar-refractivity contribution in [3.63, 3.8) is 0 Å². The Morgan fingerprint density at radius 2 is 1.93 bits per heavy atom. The van der Waals surface area contributed by atoms with Crippen LogP contribution in [-0.4, -0.2) is 75.7 Å². The number of anilines is 1. The lowest BCUT2D eigenvalue weighted by Crippen LogP contribution is -2.50. The van der Waals surface area contributed by atoms with Gasteiger partial charge in [0.15, 0.2) is 0 Å². The van der Waals surface area contributed by atoms with Gasteiger partial charge >= 0.3 is 6.09 Å². The van der Waals surface area contributed by atoms with E-state index >= 15 is 0 Å². The first kappa shape index (κ1) is 28.7. The Hall–Kier alpha value is -3.80. The van der Waals surface area contributed by atoms with Crippen LogP contribution < -0.4 is 9.64 Å². The molecular formula is C29H36F2N6O4. The van der Waals surface area contributed by atoms with Gasteiger partial charge in [-0.25, -0.2) is 28.2 Å². The van der Waals surface area contributed by atoms with E-state index in [0.717, 1.165) is 17.6 Å². The van der Waals surface area contributed by atoms with E-state index < -0.39 is 22.8 Å². The quantitative estimate of drug-likeness (QED) is 0.415. The lowest BCUT2D eigenvalue weighted by molar-refractivity contribution is -0.0206. The highest BCUT2D eigenvalue weighted by Gasteiger charge is 2.44. The second kappa shape index (κ2) is 11.6. The van der Waals surface area contributed by atoms with E-state index in [1.807, 2.05) is 39.8 Å².